The molecule has 0 bridgehead atoms. The van der Waals surface area contributed by atoms with Crippen molar-refractivity contribution in [2.45, 2.75) is 13.5 Å². The second kappa shape index (κ2) is 3.55. The van der Waals surface area contributed by atoms with Crippen LogP contribution in [0, 0.1) is 6.92 Å². The van der Waals surface area contributed by atoms with Crippen LogP contribution >= 0.6 is 0 Å². The van der Waals surface area contributed by atoms with E-state index in [1.807, 2.05) is 6.92 Å². The lowest BCUT2D eigenvalue weighted by Crippen LogP contribution is -2.03. The summed E-state index contributed by atoms with van der Waals surface area (Å²) in [6, 6.07) is 1.81. The molecule has 0 aromatic carbocycles. The van der Waals surface area contributed by atoms with Crippen LogP contribution < -0.4 is 5.73 Å². The van der Waals surface area contributed by atoms with E-state index in [2.05, 4.69) is 15.1 Å². The average Bonchev–Trinajstić information content (AvgIpc) is 2.61. The van der Waals surface area contributed by atoms with Crippen molar-refractivity contribution in [3.05, 3.63) is 36.0 Å². The lowest BCUT2D eigenvalue weighted by atomic mass is 10.3. The fourth-order valence-corrected chi connectivity index (χ4v) is 1.28. The number of hydrogen-bond acceptors (Lipinski definition) is 4. The first-order valence-electron chi connectivity index (χ1n) is 4.33. The second-order valence-corrected chi connectivity index (χ2v) is 2.94. The van der Waals surface area contributed by atoms with Crippen molar-refractivity contribution in [1.82, 2.24) is 19.7 Å². The summed E-state index contributed by atoms with van der Waals surface area (Å²) in [5, 5.41) is 4.20. The number of nitrogens with zero attached hydrogens (tertiary/aromatic N) is 4. The van der Waals surface area contributed by atoms with E-state index in [1.165, 1.54) is 6.33 Å². The third-order valence-electron chi connectivity index (χ3n) is 2.11. The normalized spacial score (nSPS) is 10.4. The Kier molecular flexibility index (Phi) is 2.24. The van der Waals surface area contributed by atoms with Gasteiger partial charge < -0.3 is 5.73 Å². The monoisotopic (exact) mass is 189 g/mol. The molecule has 14 heavy (non-hydrogen) atoms. The summed E-state index contributed by atoms with van der Waals surface area (Å²) < 4.78 is 1.75. The van der Waals surface area contributed by atoms with E-state index in [0.717, 1.165) is 17.1 Å². The molecule has 0 saturated carbocycles. The van der Waals surface area contributed by atoms with Crippen molar-refractivity contribution < 1.29 is 0 Å². The third kappa shape index (κ3) is 1.38. The Morgan fingerprint density at radius 2 is 2.36 bits per heavy atom. The van der Waals surface area contributed by atoms with Crippen molar-refractivity contribution in [2.24, 2.45) is 5.73 Å². The van der Waals surface area contributed by atoms with E-state index in [-0.39, 0.29) is 0 Å². The first kappa shape index (κ1) is 8.83. The van der Waals surface area contributed by atoms with Crippen LogP contribution in [0.1, 0.15) is 11.3 Å². The minimum atomic E-state index is 0.497. The van der Waals surface area contributed by atoms with Crippen LogP contribution in [0.5, 0.6) is 0 Å². The highest BCUT2D eigenvalue weighted by Gasteiger charge is 2.06. The molecule has 2 rings (SSSR count). The Morgan fingerprint density at radius 3 is 2.93 bits per heavy atom. The molecule has 5 nitrogen and oxygen atoms in total. The van der Waals surface area contributed by atoms with Gasteiger partial charge in [0.25, 0.3) is 0 Å². The van der Waals surface area contributed by atoms with Gasteiger partial charge in [0.2, 0.25) is 0 Å². The molecule has 0 radical (unpaired) electrons. The van der Waals surface area contributed by atoms with Gasteiger partial charge in [0, 0.05) is 30.1 Å². The highest BCUT2D eigenvalue weighted by atomic mass is 15.3. The minimum Gasteiger partial charge on any atom is -0.326 e. The summed E-state index contributed by atoms with van der Waals surface area (Å²) in [6.45, 7) is 2.47. The molecule has 0 spiro atoms. The Balaban J connectivity index is 2.48. The smallest absolute Gasteiger partial charge is 0.156 e. The molecule has 0 aliphatic carbocycles. The van der Waals surface area contributed by atoms with Gasteiger partial charge in [-0.3, -0.25) is 0 Å². The van der Waals surface area contributed by atoms with Crippen LogP contribution in [0.25, 0.3) is 5.82 Å². The van der Waals surface area contributed by atoms with E-state index in [0.29, 0.717) is 6.54 Å². The summed E-state index contributed by atoms with van der Waals surface area (Å²) in [7, 11) is 0. The van der Waals surface area contributed by atoms with Gasteiger partial charge in [0.1, 0.15) is 6.33 Å². The van der Waals surface area contributed by atoms with Crippen molar-refractivity contribution in [1.29, 1.82) is 0 Å². The zero-order chi connectivity index (χ0) is 9.97. The summed E-state index contributed by atoms with van der Waals surface area (Å²) in [5.74, 6) is 0.761. The van der Waals surface area contributed by atoms with Crippen molar-refractivity contribution in [3.63, 3.8) is 0 Å². The zero-order valence-electron chi connectivity index (χ0n) is 7.88. The fraction of sp³-hybridized carbons (Fsp3) is 0.222. The summed E-state index contributed by atoms with van der Waals surface area (Å²) in [6.07, 6.45) is 4.95. The van der Waals surface area contributed by atoms with Gasteiger partial charge >= 0.3 is 0 Å². The van der Waals surface area contributed by atoms with Crippen LogP contribution in [-0.4, -0.2) is 19.7 Å². The van der Waals surface area contributed by atoms with Crippen LogP contribution in [0.4, 0.5) is 0 Å². The molecule has 0 atom stereocenters. The van der Waals surface area contributed by atoms with Gasteiger partial charge in [-0.2, -0.15) is 5.10 Å². The summed E-state index contributed by atoms with van der Waals surface area (Å²) in [4.78, 5) is 7.96. The van der Waals surface area contributed by atoms with Gasteiger partial charge in [0.15, 0.2) is 5.82 Å². The molecule has 0 aliphatic rings. The lowest BCUT2D eigenvalue weighted by Gasteiger charge is -2.02. The largest absolute Gasteiger partial charge is 0.326 e. The van der Waals surface area contributed by atoms with Crippen LogP contribution in [-0.2, 0) is 6.54 Å². The summed E-state index contributed by atoms with van der Waals surface area (Å²) >= 11 is 0. The quantitative estimate of drug-likeness (QED) is 0.743. The number of rotatable bonds is 2. The Morgan fingerprint density at radius 1 is 1.50 bits per heavy atom. The Hall–Kier alpha value is -1.75. The molecule has 0 aliphatic heterocycles. The molecule has 2 N–H and O–H groups in total. The molecule has 72 valence electrons. The molecule has 5 heteroatoms. The van der Waals surface area contributed by atoms with E-state index in [1.54, 1.807) is 23.1 Å². The maximum atomic E-state index is 5.56. The molecule has 0 unspecified atom stereocenters. The number of aromatic nitrogens is 4. The van der Waals surface area contributed by atoms with Crippen molar-refractivity contribution >= 4 is 0 Å². The Bertz CT molecular complexity index is 420. The lowest BCUT2D eigenvalue weighted by molar-refractivity contribution is 0.808. The predicted octanol–water partition coefficient (Wildman–Crippen LogP) is 0.429. The molecule has 0 fully saturated rings. The second-order valence-electron chi connectivity index (χ2n) is 2.94. The van der Waals surface area contributed by atoms with Gasteiger partial charge in [-0.05, 0) is 6.92 Å². The number of hydrogen-bond donors (Lipinski definition) is 1. The molecular formula is C9H11N5. The zero-order valence-corrected chi connectivity index (χ0v) is 7.88. The molecular weight excluding hydrogens is 178 g/mol. The van der Waals surface area contributed by atoms with Crippen molar-refractivity contribution in [2.75, 3.05) is 0 Å². The number of nitrogens with two attached hydrogens (primary N) is 1. The maximum Gasteiger partial charge on any atom is 0.156 e. The fourth-order valence-electron chi connectivity index (χ4n) is 1.28. The average molecular weight is 189 g/mol. The molecule has 2 aromatic heterocycles. The van der Waals surface area contributed by atoms with Crippen LogP contribution in [0.2, 0.25) is 0 Å². The van der Waals surface area contributed by atoms with Crippen molar-refractivity contribution in [3.8, 4) is 5.82 Å². The molecule has 2 aromatic rings. The predicted molar refractivity (Wildman–Crippen MR) is 51.8 cm³/mol. The van der Waals surface area contributed by atoms with Gasteiger partial charge in [-0.25, -0.2) is 14.6 Å². The van der Waals surface area contributed by atoms with Gasteiger partial charge in [0.05, 0.1) is 6.20 Å². The van der Waals surface area contributed by atoms with Gasteiger partial charge in [-0.15, -0.1) is 0 Å². The highest BCUT2D eigenvalue weighted by molar-refractivity contribution is 5.26. The van der Waals surface area contributed by atoms with Gasteiger partial charge in [-0.1, -0.05) is 0 Å². The molecule has 2 heterocycles. The standard InChI is InChI=1S/C9H11N5/c1-7-8(4-10)5-13-14(7)9-2-3-11-6-12-9/h2-3,5-6H,4,10H2,1H3. The Labute approximate surface area is 81.6 Å². The first-order chi connectivity index (χ1) is 6.83. The van der Waals surface area contributed by atoms with E-state index >= 15 is 0 Å². The van der Waals surface area contributed by atoms with E-state index in [9.17, 15) is 0 Å². The van der Waals surface area contributed by atoms with E-state index in [4.69, 9.17) is 5.73 Å². The third-order valence-corrected chi connectivity index (χ3v) is 2.11. The SMILES string of the molecule is Cc1c(CN)cnn1-c1ccncn1. The van der Waals surface area contributed by atoms with Crippen LogP contribution in [0.3, 0.4) is 0 Å². The highest BCUT2D eigenvalue weighted by Crippen LogP contribution is 2.10. The summed E-state index contributed by atoms with van der Waals surface area (Å²) in [5.41, 5.74) is 7.61. The molecule has 0 amide bonds. The minimum absolute atomic E-state index is 0.497. The van der Waals surface area contributed by atoms with Crippen LogP contribution in [0.15, 0.2) is 24.8 Å². The maximum absolute atomic E-state index is 5.56. The van der Waals surface area contributed by atoms with E-state index < -0.39 is 0 Å². The first-order valence-corrected chi connectivity index (χ1v) is 4.33. The topological polar surface area (TPSA) is 69.6 Å². The molecule has 0 saturated heterocycles.